The number of anilines is 1. The Balaban J connectivity index is 1.97. The molecule has 0 bridgehead atoms. The molecule has 1 atom stereocenters. The van der Waals surface area contributed by atoms with Crippen LogP contribution >= 0.6 is 0 Å². The standard InChI is InChI=1S/C15H25N3O/c1-12(2)10-16-11-13-6-5-9-18(13)14-7-4-8-15(17-14)19-3/h4,7-8,12-13,16H,5-6,9-11H2,1-3H3. The Labute approximate surface area is 116 Å². The summed E-state index contributed by atoms with van der Waals surface area (Å²) in [4.78, 5) is 6.94. The molecule has 4 nitrogen and oxygen atoms in total. The van der Waals surface area contributed by atoms with Crippen molar-refractivity contribution in [3.8, 4) is 5.88 Å². The zero-order valence-electron chi connectivity index (χ0n) is 12.2. The highest BCUT2D eigenvalue weighted by atomic mass is 16.5. The summed E-state index contributed by atoms with van der Waals surface area (Å²) in [6, 6.07) is 6.53. The maximum absolute atomic E-state index is 5.21. The molecule has 2 heterocycles. The van der Waals surface area contributed by atoms with Gasteiger partial charge in [-0.1, -0.05) is 19.9 Å². The van der Waals surface area contributed by atoms with E-state index < -0.39 is 0 Å². The Kier molecular flexibility index (Phi) is 5.02. The van der Waals surface area contributed by atoms with Gasteiger partial charge in [-0.3, -0.25) is 0 Å². The van der Waals surface area contributed by atoms with Gasteiger partial charge >= 0.3 is 0 Å². The van der Waals surface area contributed by atoms with Crippen molar-refractivity contribution in [1.29, 1.82) is 0 Å². The smallest absolute Gasteiger partial charge is 0.214 e. The van der Waals surface area contributed by atoms with Crippen LogP contribution in [0.3, 0.4) is 0 Å². The maximum atomic E-state index is 5.21. The molecular formula is C15H25N3O. The first-order valence-corrected chi connectivity index (χ1v) is 7.19. The first-order chi connectivity index (χ1) is 9.20. The third kappa shape index (κ3) is 3.83. The Hall–Kier alpha value is -1.29. The van der Waals surface area contributed by atoms with Crippen LogP contribution in [-0.4, -0.2) is 37.8 Å². The van der Waals surface area contributed by atoms with Crippen molar-refractivity contribution in [2.45, 2.75) is 32.7 Å². The van der Waals surface area contributed by atoms with Gasteiger partial charge in [-0.2, -0.15) is 4.98 Å². The van der Waals surface area contributed by atoms with E-state index in [9.17, 15) is 0 Å². The summed E-state index contributed by atoms with van der Waals surface area (Å²) in [6.45, 7) is 7.69. The average Bonchev–Trinajstić information content (AvgIpc) is 2.87. The van der Waals surface area contributed by atoms with Crippen molar-refractivity contribution < 1.29 is 4.74 Å². The van der Waals surface area contributed by atoms with Gasteiger partial charge in [0.25, 0.3) is 0 Å². The summed E-state index contributed by atoms with van der Waals surface area (Å²) in [6.07, 6.45) is 2.48. The van der Waals surface area contributed by atoms with Crippen molar-refractivity contribution >= 4 is 5.82 Å². The molecule has 0 saturated carbocycles. The molecule has 1 aromatic rings. The number of methoxy groups -OCH3 is 1. The molecule has 1 aliphatic heterocycles. The van der Waals surface area contributed by atoms with Gasteiger partial charge in [0, 0.05) is 25.2 Å². The van der Waals surface area contributed by atoms with Crippen LogP contribution in [0, 0.1) is 5.92 Å². The van der Waals surface area contributed by atoms with Crippen LogP contribution in [0.1, 0.15) is 26.7 Å². The minimum Gasteiger partial charge on any atom is -0.481 e. The van der Waals surface area contributed by atoms with E-state index in [1.165, 1.54) is 12.8 Å². The van der Waals surface area contributed by atoms with E-state index in [4.69, 9.17) is 4.74 Å². The minimum atomic E-state index is 0.554. The van der Waals surface area contributed by atoms with Crippen molar-refractivity contribution in [3.63, 3.8) is 0 Å². The van der Waals surface area contributed by atoms with E-state index in [1.54, 1.807) is 7.11 Å². The highest BCUT2D eigenvalue weighted by Gasteiger charge is 2.25. The molecule has 0 amide bonds. The number of pyridine rings is 1. The van der Waals surface area contributed by atoms with E-state index in [2.05, 4.69) is 35.1 Å². The molecule has 1 N–H and O–H groups in total. The highest BCUT2D eigenvalue weighted by molar-refractivity contribution is 5.43. The van der Waals surface area contributed by atoms with E-state index in [-0.39, 0.29) is 0 Å². The molecule has 106 valence electrons. The molecule has 0 aliphatic carbocycles. The third-order valence-corrected chi connectivity index (χ3v) is 3.52. The van der Waals surface area contributed by atoms with Gasteiger partial charge in [0.15, 0.2) is 0 Å². The van der Waals surface area contributed by atoms with Crippen LogP contribution in [0.15, 0.2) is 18.2 Å². The largest absolute Gasteiger partial charge is 0.481 e. The zero-order chi connectivity index (χ0) is 13.7. The van der Waals surface area contributed by atoms with Crippen LogP contribution < -0.4 is 15.0 Å². The summed E-state index contributed by atoms with van der Waals surface area (Å²) < 4.78 is 5.21. The number of rotatable bonds is 6. The van der Waals surface area contributed by atoms with Crippen LogP contribution in [0.4, 0.5) is 5.82 Å². The van der Waals surface area contributed by atoms with Crippen LogP contribution in [0.25, 0.3) is 0 Å². The van der Waals surface area contributed by atoms with Crippen molar-refractivity contribution in [2.24, 2.45) is 5.92 Å². The Morgan fingerprint density at radius 2 is 2.32 bits per heavy atom. The SMILES string of the molecule is COc1cccc(N2CCCC2CNCC(C)C)n1. The molecular weight excluding hydrogens is 238 g/mol. The molecule has 1 aromatic heterocycles. The second-order valence-corrected chi connectivity index (χ2v) is 5.58. The topological polar surface area (TPSA) is 37.4 Å². The lowest BCUT2D eigenvalue weighted by molar-refractivity contribution is 0.397. The fourth-order valence-corrected chi connectivity index (χ4v) is 2.57. The fourth-order valence-electron chi connectivity index (χ4n) is 2.57. The summed E-state index contributed by atoms with van der Waals surface area (Å²) >= 11 is 0. The molecule has 1 unspecified atom stereocenters. The first kappa shape index (κ1) is 14.1. The van der Waals surface area contributed by atoms with Crippen molar-refractivity contribution in [3.05, 3.63) is 18.2 Å². The number of hydrogen-bond donors (Lipinski definition) is 1. The normalized spacial score (nSPS) is 19.2. The van der Waals surface area contributed by atoms with E-state index in [0.29, 0.717) is 17.8 Å². The fraction of sp³-hybridized carbons (Fsp3) is 0.667. The minimum absolute atomic E-state index is 0.554. The number of ether oxygens (including phenoxy) is 1. The summed E-state index contributed by atoms with van der Waals surface area (Å²) in [5.41, 5.74) is 0. The van der Waals surface area contributed by atoms with Crippen molar-refractivity contribution in [2.75, 3.05) is 31.6 Å². The monoisotopic (exact) mass is 263 g/mol. The Morgan fingerprint density at radius 3 is 3.05 bits per heavy atom. The molecule has 4 heteroatoms. The first-order valence-electron chi connectivity index (χ1n) is 7.19. The predicted octanol–water partition coefficient (Wildman–Crippen LogP) is 2.30. The average molecular weight is 263 g/mol. The molecule has 0 spiro atoms. The molecule has 0 aromatic carbocycles. The maximum Gasteiger partial charge on any atom is 0.214 e. The van der Waals surface area contributed by atoms with Gasteiger partial charge < -0.3 is 15.0 Å². The molecule has 0 radical (unpaired) electrons. The second-order valence-electron chi connectivity index (χ2n) is 5.58. The van der Waals surface area contributed by atoms with Gasteiger partial charge in [-0.05, 0) is 31.4 Å². The highest BCUT2D eigenvalue weighted by Crippen LogP contribution is 2.25. The molecule has 1 fully saturated rings. The lowest BCUT2D eigenvalue weighted by Crippen LogP contribution is -2.39. The van der Waals surface area contributed by atoms with Crippen LogP contribution in [0.5, 0.6) is 5.88 Å². The lowest BCUT2D eigenvalue weighted by Gasteiger charge is -2.26. The van der Waals surface area contributed by atoms with Gasteiger partial charge in [0.1, 0.15) is 5.82 Å². The van der Waals surface area contributed by atoms with Crippen LogP contribution in [0.2, 0.25) is 0 Å². The van der Waals surface area contributed by atoms with Gasteiger partial charge in [-0.25, -0.2) is 0 Å². The number of nitrogens with zero attached hydrogens (tertiary/aromatic N) is 2. The van der Waals surface area contributed by atoms with E-state index in [0.717, 1.165) is 25.5 Å². The summed E-state index contributed by atoms with van der Waals surface area (Å²) in [5.74, 6) is 2.43. The third-order valence-electron chi connectivity index (χ3n) is 3.52. The molecule has 1 aliphatic rings. The van der Waals surface area contributed by atoms with E-state index in [1.807, 2.05) is 12.1 Å². The predicted molar refractivity (Wildman–Crippen MR) is 78.9 cm³/mol. The van der Waals surface area contributed by atoms with E-state index >= 15 is 0 Å². The Morgan fingerprint density at radius 1 is 1.47 bits per heavy atom. The van der Waals surface area contributed by atoms with Crippen LogP contribution in [-0.2, 0) is 0 Å². The lowest BCUT2D eigenvalue weighted by atomic mass is 10.2. The number of aromatic nitrogens is 1. The molecule has 2 rings (SSSR count). The zero-order valence-corrected chi connectivity index (χ0v) is 12.2. The summed E-state index contributed by atoms with van der Waals surface area (Å²) in [7, 11) is 1.66. The Bertz CT molecular complexity index is 395. The van der Waals surface area contributed by atoms with Gasteiger partial charge in [-0.15, -0.1) is 0 Å². The summed E-state index contributed by atoms with van der Waals surface area (Å²) in [5, 5.41) is 3.55. The van der Waals surface area contributed by atoms with Gasteiger partial charge in [0.2, 0.25) is 5.88 Å². The van der Waals surface area contributed by atoms with Gasteiger partial charge in [0.05, 0.1) is 7.11 Å². The number of hydrogen-bond acceptors (Lipinski definition) is 4. The number of nitrogens with one attached hydrogen (secondary N) is 1. The molecule has 19 heavy (non-hydrogen) atoms. The quantitative estimate of drug-likeness (QED) is 0.854. The van der Waals surface area contributed by atoms with Crippen molar-refractivity contribution in [1.82, 2.24) is 10.3 Å². The molecule has 1 saturated heterocycles. The second kappa shape index (κ2) is 6.75.